The van der Waals surface area contributed by atoms with Gasteiger partial charge in [-0.15, -0.1) is 0 Å². The smallest absolute Gasteiger partial charge is 0.123 e. The summed E-state index contributed by atoms with van der Waals surface area (Å²) in [5.41, 5.74) is 3.39. The van der Waals surface area contributed by atoms with Crippen LogP contribution < -0.4 is 0 Å². The van der Waals surface area contributed by atoms with Gasteiger partial charge in [0.2, 0.25) is 0 Å². The van der Waals surface area contributed by atoms with Crippen LogP contribution in [0.25, 0.3) is 5.57 Å². The zero-order chi connectivity index (χ0) is 11.9. The first-order valence-corrected chi connectivity index (χ1v) is 5.66. The van der Waals surface area contributed by atoms with Gasteiger partial charge in [0.15, 0.2) is 0 Å². The van der Waals surface area contributed by atoms with E-state index in [4.69, 9.17) is 0 Å². The lowest BCUT2D eigenvalue weighted by Crippen LogP contribution is -1.87. The van der Waals surface area contributed by atoms with Crippen molar-refractivity contribution in [1.82, 2.24) is 0 Å². The zero-order valence-electron chi connectivity index (χ0n) is 9.54. The number of hydrogen-bond donors (Lipinski definition) is 0. The van der Waals surface area contributed by atoms with Crippen LogP contribution in [0.5, 0.6) is 0 Å². The topological polar surface area (TPSA) is 17.1 Å². The summed E-state index contributed by atoms with van der Waals surface area (Å²) in [4.78, 5) is 10.5. The van der Waals surface area contributed by atoms with E-state index in [1.807, 2.05) is 42.5 Å². The van der Waals surface area contributed by atoms with Crippen LogP contribution in [0, 0.1) is 0 Å². The second-order valence-corrected chi connectivity index (χ2v) is 3.75. The SMILES string of the molecule is O=CCC=C(c1ccccc1)c1ccccc1. The van der Waals surface area contributed by atoms with Gasteiger partial charge in [-0.3, -0.25) is 0 Å². The maximum atomic E-state index is 10.5. The molecule has 2 rings (SSSR count). The molecule has 0 radical (unpaired) electrons. The van der Waals surface area contributed by atoms with E-state index >= 15 is 0 Å². The van der Waals surface area contributed by atoms with Gasteiger partial charge in [-0.05, 0) is 16.7 Å². The Labute approximate surface area is 101 Å². The highest BCUT2D eigenvalue weighted by atomic mass is 16.1. The summed E-state index contributed by atoms with van der Waals surface area (Å²) in [6, 6.07) is 20.2. The molecule has 84 valence electrons. The van der Waals surface area contributed by atoms with Crippen LogP contribution in [0.1, 0.15) is 17.5 Å². The van der Waals surface area contributed by atoms with E-state index in [2.05, 4.69) is 24.3 Å². The van der Waals surface area contributed by atoms with Gasteiger partial charge in [-0.25, -0.2) is 0 Å². The summed E-state index contributed by atoms with van der Waals surface area (Å²) in [6.07, 6.45) is 3.34. The Morgan fingerprint density at radius 1 is 0.824 bits per heavy atom. The summed E-state index contributed by atoms with van der Waals surface area (Å²) in [5, 5.41) is 0. The monoisotopic (exact) mass is 222 g/mol. The molecule has 0 fully saturated rings. The fourth-order valence-corrected chi connectivity index (χ4v) is 1.80. The number of allylic oxidation sites excluding steroid dienone is 1. The third kappa shape index (κ3) is 2.91. The minimum atomic E-state index is 0.444. The number of carbonyl (C=O) groups is 1. The highest BCUT2D eigenvalue weighted by molar-refractivity contribution is 5.81. The maximum absolute atomic E-state index is 10.5. The number of carbonyl (C=O) groups excluding carboxylic acids is 1. The Hall–Kier alpha value is -2.15. The minimum Gasteiger partial charge on any atom is -0.303 e. The van der Waals surface area contributed by atoms with Gasteiger partial charge < -0.3 is 4.79 Å². The van der Waals surface area contributed by atoms with Gasteiger partial charge in [0.05, 0.1) is 0 Å². The first kappa shape index (κ1) is 11.3. The summed E-state index contributed by atoms with van der Waals surface area (Å²) in [5.74, 6) is 0. The molecule has 1 nitrogen and oxygen atoms in total. The molecular weight excluding hydrogens is 208 g/mol. The standard InChI is InChI=1S/C16H14O/c17-13-7-12-16(14-8-3-1-4-9-14)15-10-5-2-6-11-15/h1-6,8-13H,7H2. The third-order valence-corrected chi connectivity index (χ3v) is 2.59. The number of aldehydes is 1. The fraction of sp³-hybridized carbons (Fsp3) is 0.0625. The molecule has 0 aromatic heterocycles. The summed E-state index contributed by atoms with van der Waals surface area (Å²) >= 11 is 0. The average Bonchev–Trinajstić information content (AvgIpc) is 2.42. The molecule has 0 spiro atoms. The van der Waals surface area contributed by atoms with Crippen LogP contribution in [0.4, 0.5) is 0 Å². The highest BCUT2D eigenvalue weighted by Crippen LogP contribution is 2.23. The van der Waals surface area contributed by atoms with Crippen molar-refractivity contribution in [3.8, 4) is 0 Å². The predicted octanol–water partition coefficient (Wildman–Crippen LogP) is 3.71. The zero-order valence-corrected chi connectivity index (χ0v) is 9.54. The molecule has 0 saturated heterocycles. The molecule has 0 N–H and O–H groups in total. The van der Waals surface area contributed by atoms with Gasteiger partial charge in [0.1, 0.15) is 6.29 Å². The third-order valence-electron chi connectivity index (χ3n) is 2.59. The largest absolute Gasteiger partial charge is 0.303 e. The number of benzene rings is 2. The summed E-state index contributed by atoms with van der Waals surface area (Å²) in [7, 11) is 0. The second kappa shape index (κ2) is 5.80. The van der Waals surface area contributed by atoms with Crippen molar-refractivity contribution in [2.24, 2.45) is 0 Å². The van der Waals surface area contributed by atoms with Crippen LogP contribution >= 0.6 is 0 Å². The first-order valence-electron chi connectivity index (χ1n) is 5.66. The van der Waals surface area contributed by atoms with E-state index in [-0.39, 0.29) is 0 Å². The molecule has 0 amide bonds. The molecule has 2 aromatic carbocycles. The van der Waals surface area contributed by atoms with Crippen LogP contribution in [0.15, 0.2) is 66.7 Å². The van der Waals surface area contributed by atoms with Gasteiger partial charge in [0.25, 0.3) is 0 Å². The lowest BCUT2D eigenvalue weighted by Gasteiger charge is -2.07. The Morgan fingerprint density at radius 3 is 1.71 bits per heavy atom. The Bertz CT molecular complexity index is 456. The summed E-state index contributed by atoms with van der Waals surface area (Å²) in [6.45, 7) is 0. The minimum absolute atomic E-state index is 0.444. The van der Waals surface area contributed by atoms with E-state index < -0.39 is 0 Å². The van der Waals surface area contributed by atoms with Crippen molar-refractivity contribution in [1.29, 1.82) is 0 Å². The number of hydrogen-bond acceptors (Lipinski definition) is 1. The normalized spacial score (nSPS) is 9.65. The molecule has 1 heteroatoms. The molecule has 17 heavy (non-hydrogen) atoms. The lowest BCUT2D eigenvalue weighted by atomic mass is 9.97. The Morgan fingerprint density at radius 2 is 1.29 bits per heavy atom. The van der Waals surface area contributed by atoms with E-state index in [1.54, 1.807) is 0 Å². The molecule has 2 aromatic rings. The van der Waals surface area contributed by atoms with E-state index in [1.165, 1.54) is 0 Å². The van der Waals surface area contributed by atoms with Crippen molar-refractivity contribution in [3.05, 3.63) is 77.9 Å². The van der Waals surface area contributed by atoms with E-state index in [0.29, 0.717) is 6.42 Å². The van der Waals surface area contributed by atoms with Crippen molar-refractivity contribution >= 4 is 11.9 Å². The molecule has 0 heterocycles. The maximum Gasteiger partial charge on any atom is 0.123 e. The van der Waals surface area contributed by atoms with Crippen LogP contribution in [0.2, 0.25) is 0 Å². The molecule has 0 saturated carbocycles. The van der Waals surface area contributed by atoms with Gasteiger partial charge in [0, 0.05) is 6.42 Å². The fourth-order valence-electron chi connectivity index (χ4n) is 1.80. The first-order chi connectivity index (χ1) is 8.42. The summed E-state index contributed by atoms with van der Waals surface area (Å²) < 4.78 is 0. The van der Waals surface area contributed by atoms with Crippen LogP contribution in [-0.2, 0) is 4.79 Å². The number of rotatable bonds is 4. The molecule has 0 atom stereocenters. The van der Waals surface area contributed by atoms with Gasteiger partial charge in [-0.2, -0.15) is 0 Å². The van der Waals surface area contributed by atoms with Crippen molar-refractivity contribution < 1.29 is 4.79 Å². The Balaban J connectivity index is 2.43. The lowest BCUT2D eigenvalue weighted by molar-refractivity contribution is -0.107. The van der Waals surface area contributed by atoms with Crippen molar-refractivity contribution in [2.75, 3.05) is 0 Å². The molecule has 0 unspecified atom stereocenters. The highest BCUT2D eigenvalue weighted by Gasteiger charge is 2.02. The van der Waals surface area contributed by atoms with Crippen LogP contribution in [0.3, 0.4) is 0 Å². The molecule has 0 aliphatic rings. The van der Waals surface area contributed by atoms with Crippen LogP contribution in [-0.4, -0.2) is 6.29 Å². The molecular formula is C16H14O. The Kier molecular flexibility index (Phi) is 3.87. The van der Waals surface area contributed by atoms with E-state index in [9.17, 15) is 4.79 Å². The quantitative estimate of drug-likeness (QED) is 0.721. The van der Waals surface area contributed by atoms with E-state index in [0.717, 1.165) is 23.0 Å². The molecule has 0 aliphatic carbocycles. The van der Waals surface area contributed by atoms with Gasteiger partial charge in [-0.1, -0.05) is 66.7 Å². The molecule has 0 bridgehead atoms. The van der Waals surface area contributed by atoms with Crippen molar-refractivity contribution in [2.45, 2.75) is 6.42 Å². The molecule has 0 aliphatic heterocycles. The average molecular weight is 222 g/mol. The van der Waals surface area contributed by atoms with Gasteiger partial charge >= 0.3 is 0 Å². The predicted molar refractivity (Wildman–Crippen MR) is 70.6 cm³/mol. The van der Waals surface area contributed by atoms with Crippen molar-refractivity contribution in [3.63, 3.8) is 0 Å². The second-order valence-electron chi connectivity index (χ2n) is 3.75.